The molecule has 1 aliphatic heterocycles. The summed E-state index contributed by atoms with van der Waals surface area (Å²) in [5.41, 5.74) is -0.337. The molecule has 23 heavy (non-hydrogen) atoms. The van der Waals surface area contributed by atoms with Crippen molar-refractivity contribution in [2.24, 2.45) is 0 Å². The number of hydrogen-bond acceptors (Lipinski definition) is 5. The molecule has 0 bridgehead atoms. The van der Waals surface area contributed by atoms with Crippen LogP contribution in [0.1, 0.15) is 48.9 Å². The second kappa shape index (κ2) is 6.31. The van der Waals surface area contributed by atoms with Gasteiger partial charge >= 0.3 is 6.18 Å². The van der Waals surface area contributed by atoms with Crippen LogP contribution < -0.4 is 0 Å². The molecule has 0 spiro atoms. The van der Waals surface area contributed by atoms with Gasteiger partial charge in [0.15, 0.2) is 5.69 Å². The molecule has 6 nitrogen and oxygen atoms in total. The predicted molar refractivity (Wildman–Crippen MR) is 74.5 cm³/mol. The van der Waals surface area contributed by atoms with Gasteiger partial charge in [0.05, 0.1) is 6.54 Å². The highest BCUT2D eigenvalue weighted by atomic mass is 19.4. The Morgan fingerprint density at radius 3 is 2.78 bits per heavy atom. The van der Waals surface area contributed by atoms with Crippen molar-refractivity contribution in [2.75, 3.05) is 13.1 Å². The third-order valence-electron chi connectivity index (χ3n) is 4.00. The van der Waals surface area contributed by atoms with Crippen LogP contribution in [0.3, 0.4) is 0 Å². The molecule has 1 N–H and O–H groups in total. The van der Waals surface area contributed by atoms with E-state index in [0.29, 0.717) is 37.0 Å². The van der Waals surface area contributed by atoms with E-state index in [2.05, 4.69) is 25.3 Å². The molecule has 1 fully saturated rings. The molecule has 3 rings (SSSR count). The first kappa shape index (κ1) is 16.0. The number of aromatic amines is 1. The molecule has 3 heterocycles. The summed E-state index contributed by atoms with van der Waals surface area (Å²) < 4.78 is 43.4. The summed E-state index contributed by atoms with van der Waals surface area (Å²) >= 11 is 0. The SMILES string of the molecule is CCc1nnc(CN2CCC[C@H](c3cc(C(F)(F)F)n[nH]3)C2)o1. The second-order valence-corrected chi connectivity index (χ2v) is 5.72. The summed E-state index contributed by atoms with van der Waals surface area (Å²) in [5, 5.41) is 13.8. The van der Waals surface area contributed by atoms with E-state index < -0.39 is 11.9 Å². The maximum atomic E-state index is 12.6. The number of aromatic nitrogens is 4. The molecular formula is C14H18F3N5O. The topological polar surface area (TPSA) is 70.8 Å². The number of nitrogens with one attached hydrogen (secondary N) is 1. The van der Waals surface area contributed by atoms with Gasteiger partial charge in [0.1, 0.15) is 0 Å². The summed E-state index contributed by atoms with van der Waals surface area (Å²) in [6.07, 6.45) is -1.99. The highest BCUT2D eigenvalue weighted by Crippen LogP contribution is 2.32. The fourth-order valence-corrected chi connectivity index (χ4v) is 2.83. The molecule has 0 amide bonds. The second-order valence-electron chi connectivity index (χ2n) is 5.72. The highest BCUT2D eigenvalue weighted by Gasteiger charge is 2.35. The summed E-state index contributed by atoms with van der Waals surface area (Å²) in [7, 11) is 0. The Morgan fingerprint density at radius 1 is 1.35 bits per heavy atom. The Labute approximate surface area is 131 Å². The van der Waals surface area contributed by atoms with Crippen molar-refractivity contribution in [1.82, 2.24) is 25.3 Å². The Bertz CT molecular complexity index is 651. The van der Waals surface area contributed by atoms with Gasteiger partial charge in [0.25, 0.3) is 0 Å². The lowest BCUT2D eigenvalue weighted by atomic mass is 9.94. The lowest BCUT2D eigenvalue weighted by Crippen LogP contribution is -2.34. The van der Waals surface area contributed by atoms with Crippen LogP contribution >= 0.6 is 0 Å². The summed E-state index contributed by atoms with van der Waals surface area (Å²) in [6.45, 7) is 3.96. The smallest absolute Gasteiger partial charge is 0.424 e. The van der Waals surface area contributed by atoms with Crippen molar-refractivity contribution in [3.63, 3.8) is 0 Å². The number of likely N-dealkylation sites (tertiary alicyclic amines) is 1. The largest absolute Gasteiger partial charge is 0.435 e. The zero-order valence-electron chi connectivity index (χ0n) is 12.7. The number of alkyl halides is 3. The van der Waals surface area contributed by atoms with Gasteiger partial charge in [0.2, 0.25) is 11.8 Å². The van der Waals surface area contributed by atoms with Crippen LogP contribution in [0.15, 0.2) is 10.5 Å². The minimum atomic E-state index is -4.41. The highest BCUT2D eigenvalue weighted by molar-refractivity contribution is 5.16. The number of nitrogens with zero attached hydrogens (tertiary/aromatic N) is 4. The molecule has 2 aromatic heterocycles. The lowest BCUT2D eigenvalue weighted by molar-refractivity contribution is -0.141. The van der Waals surface area contributed by atoms with E-state index in [4.69, 9.17) is 4.42 Å². The van der Waals surface area contributed by atoms with Crippen LogP contribution in [0, 0.1) is 0 Å². The van der Waals surface area contributed by atoms with Crippen LogP contribution in [0.5, 0.6) is 0 Å². The van der Waals surface area contributed by atoms with E-state index in [9.17, 15) is 13.2 Å². The van der Waals surface area contributed by atoms with Crippen molar-refractivity contribution in [3.8, 4) is 0 Å². The Kier molecular flexibility index (Phi) is 4.38. The number of piperidine rings is 1. The summed E-state index contributed by atoms with van der Waals surface area (Å²) in [5.74, 6) is 1.14. The summed E-state index contributed by atoms with van der Waals surface area (Å²) in [4.78, 5) is 2.12. The molecule has 0 unspecified atom stereocenters. The fourth-order valence-electron chi connectivity index (χ4n) is 2.83. The fraction of sp³-hybridized carbons (Fsp3) is 0.643. The van der Waals surface area contributed by atoms with Gasteiger partial charge < -0.3 is 4.42 Å². The van der Waals surface area contributed by atoms with Gasteiger partial charge in [0, 0.05) is 24.6 Å². The van der Waals surface area contributed by atoms with Crippen molar-refractivity contribution in [3.05, 3.63) is 29.2 Å². The van der Waals surface area contributed by atoms with Crippen LogP contribution in [0.2, 0.25) is 0 Å². The molecule has 0 aromatic carbocycles. The predicted octanol–water partition coefficient (Wildman–Crippen LogP) is 2.75. The standard InChI is InChI=1S/C14H18F3N5O/c1-2-12-20-21-13(23-12)8-22-5-3-4-9(7-22)10-6-11(19-18-10)14(15,16)17/h6,9H,2-5,7-8H2,1H3,(H,18,19)/t9-/m0/s1. The van der Waals surface area contributed by atoms with Gasteiger partial charge in [-0.1, -0.05) is 6.92 Å². The minimum absolute atomic E-state index is 0.000849. The van der Waals surface area contributed by atoms with E-state index in [1.165, 1.54) is 0 Å². The van der Waals surface area contributed by atoms with Gasteiger partial charge in [-0.15, -0.1) is 10.2 Å². The lowest BCUT2D eigenvalue weighted by Gasteiger charge is -2.31. The molecule has 0 saturated carbocycles. The van der Waals surface area contributed by atoms with Gasteiger partial charge in [-0.3, -0.25) is 10.00 Å². The van der Waals surface area contributed by atoms with E-state index >= 15 is 0 Å². The zero-order chi connectivity index (χ0) is 16.4. The van der Waals surface area contributed by atoms with Crippen molar-refractivity contribution >= 4 is 0 Å². The van der Waals surface area contributed by atoms with Crippen LogP contribution in [-0.4, -0.2) is 38.4 Å². The van der Waals surface area contributed by atoms with Gasteiger partial charge in [-0.2, -0.15) is 18.3 Å². The quantitative estimate of drug-likeness (QED) is 0.934. The first-order valence-corrected chi connectivity index (χ1v) is 7.62. The Balaban J connectivity index is 1.64. The Morgan fingerprint density at radius 2 is 2.13 bits per heavy atom. The van der Waals surface area contributed by atoms with E-state index in [1.807, 2.05) is 6.92 Å². The number of H-pyrrole nitrogens is 1. The molecular weight excluding hydrogens is 311 g/mol. The molecule has 0 radical (unpaired) electrons. The molecule has 1 saturated heterocycles. The zero-order valence-corrected chi connectivity index (χ0v) is 12.7. The average Bonchev–Trinajstić information content (AvgIpc) is 3.16. The maximum absolute atomic E-state index is 12.6. The number of halogens is 3. The van der Waals surface area contributed by atoms with Gasteiger partial charge in [-0.05, 0) is 25.5 Å². The van der Waals surface area contributed by atoms with Crippen LogP contribution in [0.25, 0.3) is 0 Å². The average molecular weight is 329 g/mol. The van der Waals surface area contributed by atoms with Crippen LogP contribution in [0.4, 0.5) is 13.2 Å². The number of hydrogen-bond donors (Lipinski definition) is 1. The normalized spacial score (nSPS) is 20.1. The maximum Gasteiger partial charge on any atom is 0.435 e. The van der Waals surface area contributed by atoms with E-state index in [-0.39, 0.29) is 5.92 Å². The Hall–Kier alpha value is -1.90. The molecule has 9 heteroatoms. The molecule has 2 aromatic rings. The van der Waals surface area contributed by atoms with E-state index in [0.717, 1.165) is 25.5 Å². The van der Waals surface area contributed by atoms with Crippen molar-refractivity contribution < 1.29 is 17.6 Å². The van der Waals surface area contributed by atoms with Crippen molar-refractivity contribution in [2.45, 2.75) is 44.8 Å². The number of rotatable bonds is 4. The van der Waals surface area contributed by atoms with Crippen LogP contribution in [-0.2, 0) is 19.1 Å². The monoisotopic (exact) mass is 329 g/mol. The molecule has 1 aliphatic rings. The summed E-state index contributed by atoms with van der Waals surface area (Å²) in [6, 6.07) is 1.11. The molecule has 1 atom stereocenters. The number of aryl methyl sites for hydroxylation is 1. The molecule has 0 aliphatic carbocycles. The first-order chi connectivity index (χ1) is 11.0. The molecule has 126 valence electrons. The third-order valence-corrected chi connectivity index (χ3v) is 4.00. The van der Waals surface area contributed by atoms with Crippen molar-refractivity contribution in [1.29, 1.82) is 0 Å². The first-order valence-electron chi connectivity index (χ1n) is 7.62. The third kappa shape index (κ3) is 3.72. The van der Waals surface area contributed by atoms with E-state index in [1.54, 1.807) is 0 Å². The van der Waals surface area contributed by atoms with Gasteiger partial charge in [-0.25, -0.2) is 0 Å². The minimum Gasteiger partial charge on any atom is -0.424 e.